The lowest BCUT2D eigenvalue weighted by atomic mass is 9.90. The maximum atomic E-state index is 13.0. The van der Waals surface area contributed by atoms with Crippen LogP contribution in [0, 0.1) is 18.7 Å². The van der Waals surface area contributed by atoms with Gasteiger partial charge in [-0.1, -0.05) is 26.3 Å². The molecule has 0 aliphatic heterocycles. The number of benzene rings is 1. The molecule has 0 amide bonds. The summed E-state index contributed by atoms with van der Waals surface area (Å²) < 4.78 is 13.0. The average molecular weight is 232 g/mol. The molecule has 0 fully saturated rings. The second kappa shape index (κ2) is 6.09. The van der Waals surface area contributed by atoms with Crippen LogP contribution in [-0.2, 0) is 0 Å². The SMILES string of the molecule is CCC(C)[C@H](N)c1cc(F)ccc1C.Cl. The molecular weight excluding hydrogens is 213 g/mol. The van der Waals surface area contributed by atoms with Crippen LogP contribution in [0.2, 0.25) is 0 Å². The predicted molar refractivity (Wildman–Crippen MR) is 64.8 cm³/mol. The van der Waals surface area contributed by atoms with Crippen molar-refractivity contribution in [2.24, 2.45) is 11.7 Å². The minimum absolute atomic E-state index is 0. The van der Waals surface area contributed by atoms with Gasteiger partial charge < -0.3 is 5.73 Å². The third-order valence-electron chi connectivity index (χ3n) is 2.86. The topological polar surface area (TPSA) is 26.0 Å². The maximum Gasteiger partial charge on any atom is 0.123 e. The summed E-state index contributed by atoms with van der Waals surface area (Å²) in [5.41, 5.74) is 8.05. The summed E-state index contributed by atoms with van der Waals surface area (Å²) in [6.07, 6.45) is 1.01. The van der Waals surface area contributed by atoms with Gasteiger partial charge in [0.05, 0.1) is 0 Å². The largest absolute Gasteiger partial charge is 0.324 e. The van der Waals surface area contributed by atoms with Crippen molar-refractivity contribution in [3.63, 3.8) is 0 Å². The first-order valence-corrected chi connectivity index (χ1v) is 5.08. The standard InChI is InChI=1S/C12H18FN.ClH/c1-4-8(2)12(14)11-7-10(13)6-5-9(11)3;/h5-8,12H,4,14H2,1-3H3;1H/t8?,12-;/m0./s1. The zero-order valence-corrected chi connectivity index (χ0v) is 10.3. The van der Waals surface area contributed by atoms with Gasteiger partial charge in [0.25, 0.3) is 0 Å². The Balaban J connectivity index is 0.00000196. The summed E-state index contributed by atoms with van der Waals surface area (Å²) in [6, 6.07) is 4.75. The highest BCUT2D eigenvalue weighted by Gasteiger charge is 2.15. The first-order valence-electron chi connectivity index (χ1n) is 5.08. The van der Waals surface area contributed by atoms with Crippen molar-refractivity contribution in [1.82, 2.24) is 0 Å². The van der Waals surface area contributed by atoms with E-state index in [0.717, 1.165) is 17.5 Å². The van der Waals surface area contributed by atoms with Crippen LogP contribution >= 0.6 is 12.4 Å². The molecule has 3 heteroatoms. The normalized spacial score (nSPS) is 14.2. The minimum Gasteiger partial charge on any atom is -0.324 e. The Morgan fingerprint density at radius 3 is 2.53 bits per heavy atom. The number of rotatable bonds is 3. The van der Waals surface area contributed by atoms with Crippen molar-refractivity contribution >= 4 is 12.4 Å². The van der Waals surface area contributed by atoms with Crippen LogP contribution in [-0.4, -0.2) is 0 Å². The van der Waals surface area contributed by atoms with Crippen molar-refractivity contribution in [2.45, 2.75) is 33.2 Å². The molecule has 1 unspecified atom stereocenters. The fourth-order valence-corrected chi connectivity index (χ4v) is 1.53. The molecule has 1 rings (SSSR count). The highest BCUT2D eigenvalue weighted by Crippen LogP contribution is 2.25. The van der Waals surface area contributed by atoms with Gasteiger partial charge in [0.15, 0.2) is 0 Å². The molecule has 0 radical (unpaired) electrons. The van der Waals surface area contributed by atoms with Crippen molar-refractivity contribution in [1.29, 1.82) is 0 Å². The summed E-state index contributed by atoms with van der Waals surface area (Å²) >= 11 is 0. The van der Waals surface area contributed by atoms with E-state index < -0.39 is 0 Å². The van der Waals surface area contributed by atoms with Gasteiger partial charge >= 0.3 is 0 Å². The Labute approximate surface area is 97.3 Å². The van der Waals surface area contributed by atoms with Gasteiger partial charge in [-0.25, -0.2) is 4.39 Å². The van der Waals surface area contributed by atoms with Gasteiger partial charge in [-0.05, 0) is 36.1 Å². The van der Waals surface area contributed by atoms with E-state index in [9.17, 15) is 4.39 Å². The Kier molecular flexibility index (Phi) is 5.84. The molecule has 0 aromatic heterocycles. The third kappa shape index (κ3) is 3.47. The highest BCUT2D eigenvalue weighted by molar-refractivity contribution is 5.85. The third-order valence-corrected chi connectivity index (χ3v) is 2.86. The molecule has 2 N–H and O–H groups in total. The van der Waals surface area contributed by atoms with E-state index in [1.165, 1.54) is 6.07 Å². The summed E-state index contributed by atoms with van der Waals surface area (Å²) in [5.74, 6) is 0.180. The van der Waals surface area contributed by atoms with Crippen LogP contribution < -0.4 is 5.73 Å². The average Bonchev–Trinajstić information content (AvgIpc) is 2.19. The first-order chi connectivity index (χ1) is 6.56. The van der Waals surface area contributed by atoms with Crippen LogP contribution in [0.15, 0.2) is 18.2 Å². The van der Waals surface area contributed by atoms with E-state index >= 15 is 0 Å². The lowest BCUT2D eigenvalue weighted by molar-refractivity contribution is 0.453. The van der Waals surface area contributed by atoms with Crippen LogP contribution in [0.25, 0.3) is 0 Å². The van der Waals surface area contributed by atoms with Gasteiger partial charge in [0.2, 0.25) is 0 Å². The maximum absolute atomic E-state index is 13.0. The van der Waals surface area contributed by atoms with E-state index in [0.29, 0.717) is 5.92 Å². The van der Waals surface area contributed by atoms with Crippen LogP contribution in [0.3, 0.4) is 0 Å². The molecule has 1 nitrogen and oxygen atoms in total. The fraction of sp³-hybridized carbons (Fsp3) is 0.500. The summed E-state index contributed by atoms with van der Waals surface area (Å²) in [7, 11) is 0. The molecular formula is C12H19ClFN. The molecule has 1 aromatic carbocycles. The monoisotopic (exact) mass is 231 g/mol. The van der Waals surface area contributed by atoms with Gasteiger partial charge in [0, 0.05) is 6.04 Å². The van der Waals surface area contributed by atoms with E-state index in [1.807, 2.05) is 6.92 Å². The summed E-state index contributed by atoms with van der Waals surface area (Å²) in [5, 5.41) is 0. The lowest BCUT2D eigenvalue weighted by Crippen LogP contribution is -2.19. The Bertz CT molecular complexity index is 314. The predicted octanol–water partition coefficient (Wildman–Crippen LogP) is 3.60. The van der Waals surface area contributed by atoms with E-state index in [-0.39, 0.29) is 24.3 Å². The van der Waals surface area contributed by atoms with Crippen molar-refractivity contribution in [3.05, 3.63) is 35.1 Å². The van der Waals surface area contributed by atoms with E-state index in [2.05, 4.69) is 13.8 Å². The molecule has 0 aliphatic carbocycles. The quantitative estimate of drug-likeness (QED) is 0.845. The fourth-order valence-electron chi connectivity index (χ4n) is 1.53. The zero-order chi connectivity index (χ0) is 10.7. The number of halogens is 2. The summed E-state index contributed by atoms with van der Waals surface area (Å²) in [4.78, 5) is 0. The number of nitrogens with two attached hydrogens (primary N) is 1. The smallest absolute Gasteiger partial charge is 0.123 e. The van der Waals surface area contributed by atoms with Gasteiger partial charge in [-0.15, -0.1) is 12.4 Å². The summed E-state index contributed by atoms with van der Waals surface area (Å²) in [6.45, 7) is 6.16. The van der Waals surface area contributed by atoms with Crippen molar-refractivity contribution in [3.8, 4) is 0 Å². The minimum atomic E-state index is -0.204. The number of hydrogen-bond donors (Lipinski definition) is 1. The molecule has 15 heavy (non-hydrogen) atoms. The lowest BCUT2D eigenvalue weighted by Gasteiger charge is -2.20. The number of aryl methyl sites for hydroxylation is 1. The molecule has 0 heterocycles. The van der Waals surface area contributed by atoms with Crippen molar-refractivity contribution in [2.75, 3.05) is 0 Å². The molecule has 0 saturated carbocycles. The Morgan fingerprint density at radius 1 is 1.40 bits per heavy atom. The second-order valence-electron chi connectivity index (χ2n) is 3.91. The molecule has 2 atom stereocenters. The van der Waals surface area contributed by atoms with Gasteiger partial charge in [-0.2, -0.15) is 0 Å². The molecule has 0 saturated heterocycles. The second-order valence-corrected chi connectivity index (χ2v) is 3.91. The van der Waals surface area contributed by atoms with Crippen LogP contribution in [0.5, 0.6) is 0 Å². The molecule has 0 spiro atoms. The molecule has 1 aromatic rings. The van der Waals surface area contributed by atoms with E-state index in [4.69, 9.17) is 5.73 Å². The van der Waals surface area contributed by atoms with Crippen molar-refractivity contribution < 1.29 is 4.39 Å². The molecule has 0 aliphatic rings. The van der Waals surface area contributed by atoms with E-state index in [1.54, 1.807) is 12.1 Å². The molecule has 86 valence electrons. The molecule has 0 bridgehead atoms. The van der Waals surface area contributed by atoms with Crippen LogP contribution in [0.4, 0.5) is 4.39 Å². The van der Waals surface area contributed by atoms with Gasteiger partial charge in [0.1, 0.15) is 5.82 Å². The zero-order valence-electron chi connectivity index (χ0n) is 9.46. The number of hydrogen-bond acceptors (Lipinski definition) is 1. The van der Waals surface area contributed by atoms with Gasteiger partial charge in [-0.3, -0.25) is 0 Å². The Hall–Kier alpha value is -0.600. The first kappa shape index (κ1) is 14.4. The highest BCUT2D eigenvalue weighted by atomic mass is 35.5. The van der Waals surface area contributed by atoms with Crippen LogP contribution in [0.1, 0.15) is 37.4 Å². The Morgan fingerprint density at radius 2 is 2.00 bits per heavy atom.